The second-order valence-electron chi connectivity index (χ2n) is 14.1. The van der Waals surface area contributed by atoms with Gasteiger partial charge < -0.3 is 4.74 Å². The van der Waals surface area contributed by atoms with E-state index in [0.29, 0.717) is 10.8 Å². The summed E-state index contributed by atoms with van der Waals surface area (Å²) in [6.07, 6.45) is 12.9. The van der Waals surface area contributed by atoms with Gasteiger partial charge in [0.25, 0.3) is 0 Å². The van der Waals surface area contributed by atoms with Crippen molar-refractivity contribution in [1.82, 2.24) is 0 Å². The van der Waals surface area contributed by atoms with Gasteiger partial charge in [0, 0.05) is 13.3 Å². The van der Waals surface area contributed by atoms with Gasteiger partial charge in [-0.3, -0.25) is 4.79 Å². The Balaban J connectivity index is 1.51. The zero-order valence-electron chi connectivity index (χ0n) is 23.8. The van der Waals surface area contributed by atoms with E-state index in [0.717, 1.165) is 66.1 Å². The number of hydrogen-bond acceptors (Lipinski definition) is 2. The minimum absolute atomic E-state index is 0.107. The molecule has 2 heteroatoms. The molecule has 0 aliphatic heterocycles. The van der Waals surface area contributed by atoms with E-state index >= 15 is 0 Å². The highest BCUT2D eigenvalue weighted by molar-refractivity contribution is 5.66. The lowest BCUT2D eigenvalue weighted by molar-refractivity contribution is -0.148. The monoisotopic (exact) mass is 470 g/mol. The number of rotatable bonds is 6. The van der Waals surface area contributed by atoms with Crippen molar-refractivity contribution in [2.24, 2.45) is 64.1 Å². The Morgan fingerprint density at radius 2 is 1.62 bits per heavy atom. The van der Waals surface area contributed by atoms with Gasteiger partial charge in [-0.2, -0.15) is 0 Å². The molecule has 0 spiro atoms. The van der Waals surface area contributed by atoms with E-state index in [2.05, 4.69) is 61.5 Å². The van der Waals surface area contributed by atoms with Crippen LogP contribution in [0.2, 0.25) is 0 Å². The van der Waals surface area contributed by atoms with Gasteiger partial charge in [0.2, 0.25) is 0 Å². The summed E-state index contributed by atoms with van der Waals surface area (Å²) in [6, 6.07) is 0. The third kappa shape index (κ3) is 4.32. The van der Waals surface area contributed by atoms with E-state index in [1.807, 2.05) is 0 Å². The molecule has 0 radical (unpaired) electrons. The van der Waals surface area contributed by atoms with Gasteiger partial charge in [0.05, 0.1) is 0 Å². The van der Waals surface area contributed by atoms with Crippen LogP contribution < -0.4 is 0 Å². The molecule has 34 heavy (non-hydrogen) atoms. The van der Waals surface area contributed by atoms with Crippen LogP contribution in [-0.4, -0.2) is 12.1 Å². The van der Waals surface area contributed by atoms with E-state index in [9.17, 15) is 4.79 Å². The molecule has 194 valence electrons. The molecular weight excluding hydrogens is 416 g/mol. The average molecular weight is 471 g/mol. The first-order valence-electron chi connectivity index (χ1n) is 14.8. The lowest BCUT2D eigenvalue weighted by Gasteiger charge is -2.58. The normalized spacial score (nSPS) is 43.1. The first-order chi connectivity index (χ1) is 15.9. The third-order valence-electron chi connectivity index (χ3n) is 12.6. The average Bonchev–Trinajstić information content (AvgIpc) is 3.14. The Labute approximate surface area is 211 Å². The second-order valence-corrected chi connectivity index (χ2v) is 14.1. The maximum absolute atomic E-state index is 11.5. The lowest BCUT2D eigenvalue weighted by Crippen LogP contribution is -2.51. The summed E-state index contributed by atoms with van der Waals surface area (Å²) in [5, 5.41) is 0. The molecule has 0 aromatic carbocycles. The predicted molar refractivity (Wildman–Crippen MR) is 142 cm³/mol. The summed E-state index contributed by atoms with van der Waals surface area (Å²) in [5.41, 5.74) is 2.47. The highest BCUT2D eigenvalue weighted by Gasteiger charge is 2.59. The van der Waals surface area contributed by atoms with Crippen molar-refractivity contribution in [3.63, 3.8) is 0 Å². The molecular formula is C32H54O2. The zero-order valence-corrected chi connectivity index (χ0v) is 23.8. The van der Waals surface area contributed by atoms with E-state index in [1.54, 1.807) is 12.5 Å². The third-order valence-corrected chi connectivity index (χ3v) is 12.6. The van der Waals surface area contributed by atoms with Crippen LogP contribution in [0.1, 0.15) is 114 Å². The molecule has 0 heterocycles. The van der Waals surface area contributed by atoms with E-state index < -0.39 is 0 Å². The minimum Gasteiger partial charge on any atom is -0.462 e. The Kier molecular flexibility index (Phi) is 7.41. The summed E-state index contributed by atoms with van der Waals surface area (Å²) >= 11 is 0. The molecule has 0 aromatic heterocycles. The van der Waals surface area contributed by atoms with E-state index in [4.69, 9.17) is 4.74 Å². The quantitative estimate of drug-likeness (QED) is 0.286. The van der Waals surface area contributed by atoms with Crippen molar-refractivity contribution >= 4 is 5.97 Å². The first kappa shape index (κ1) is 26.3. The molecule has 0 bridgehead atoms. The van der Waals surface area contributed by atoms with Crippen LogP contribution in [-0.2, 0) is 9.53 Å². The number of carbonyl (C=O) groups is 1. The SMILES string of the molecule is CC(=O)O[C@H]1CCC2(C)C(=CCC3C2CCC2(C)C3CC[C@@H]2[C@H](C)C(C)C(C)[C@H](C)C(C)C)C1. The van der Waals surface area contributed by atoms with Crippen LogP contribution in [0.4, 0.5) is 0 Å². The molecule has 0 aromatic rings. The van der Waals surface area contributed by atoms with E-state index in [1.165, 1.54) is 38.5 Å². The van der Waals surface area contributed by atoms with Crippen LogP contribution in [0.25, 0.3) is 0 Å². The molecule has 3 saturated carbocycles. The first-order valence-corrected chi connectivity index (χ1v) is 14.8. The zero-order chi connectivity index (χ0) is 25.0. The van der Waals surface area contributed by atoms with Gasteiger partial charge in [-0.25, -0.2) is 0 Å². The summed E-state index contributed by atoms with van der Waals surface area (Å²) in [4.78, 5) is 11.5. The van der Waals surface area contributed by atoms with Crippen molar-refractivity contribution < 1.29 is 9.53 Å². The molecule has 11 atom stereocenters. The maximum Gasteiger partial charge on any atom is 0.302 e. The summed E-state index contributed by atoms with van der Waals surface area (Å²) in [6.45, 7) is 21.8. The summed E-state index contributed by atoms with van der Waals surface area (Å²) < 4.78 is 5.64. The molecule has 2 nitrogen and oxygen atoms in total. The van der Waals surface area contributed by atoms with Gasteiger partial charge in [0.15, 0.2) is 0 Å². The highest BCUT2D eigenvalue weighted by Crippen LogP contribution is 2.67. The van der Waals surface area contributed by atoms with Crippen molar-refractivity contribution in [1.29, 1.82) is 0 Å². The van der Waals surface area contributed by atoms with E-state index in [-0.39, 0.29) is 12.1 Å². The molecule has 0 N–H and O–H groups in total. The van der Waals surface area contributed by atoms with Crippen molar-refractivity contribution in [2.75, 3.05) is 0 Å². The number of fused-ring (bicyclic) bond motifs is 5. The smallest absolute Gasteiger partial charge is 0.302 e. The maximum atomic E-state index is 11.5. The molecule has 4 aliphatic carbocycles. The molecule has 7 unspecified atom stereocenters. The summed E-state index contributed by atoms with van der Waals surface area (Å²) in [7, 11) is 0. The van der Waals surface area contributed by atoms with Gasteiger partial charge in [-0.1, -0.05) is 67.0 Å². The Bertz CT molecular complexity index is 782. The fourth-order valence-corrected chi connectivity index (χ4v) is 9.80. The Hall–Kier alpha value is -0.790. The predicted octanol–water partition coefficient (Wildman–Crippen LogP) is 8.70. The fraction of sp³-hybridized carbons (Fsp3) is 0.906. The topological polar surface area (TPSA) is 26.3 Å². The van der Waals surface area contributed by atoms with Crippen molar-refractivity contribution in [2.45, 2.75) is 120 Å². The number of carbonyl (C=O) groups excluding carboxylic acids is 1. The van der Waals surface area contributed by atoms with Gasteiger partial charge >= 0.3 is 5.97 Å². The molecule has 3 fully saturated rings. The Morgan fingerprint density at radius 1 is 0.912 bits per heavy atom. The number of allylic oxidation sites excluding steroid dienone is 1. The van der Waals surface area contributed by atoms with Gasteiger partial charge in [-0.15, -0.1) is 0 Å². The number of esters is 1. The molecule has 4 rings (SSSR count). The molecule has 0 amide bonds. The lowest BCUT2D eigenvalue weighted by atomic mass is 9.46. The number of ether oxygens (including phenoxy) is 1. The molecule has 4 aliphatic rings. The van der Waals surface area contributed by atoms with Crippen LogP contribution in [0.15, 0.2) is 11.6 Å². The molecule has 0 saturated heterocycles. The standard InChI is InChI=1S/C32H54O2/c1-19(2)20(3)21(4)22(5)23(6)28-12-13-29-27-11-10-25-18-26(34-24(7)33)14-16-31(25,8)30(27)15-17-32(28,29)9/h10,19-23,26-30H,11-18H2,1-9H3/t20-,21?,22?,23-,26+,27?,28-,29?,30?,31?,32?/m1/s1. The van der Waals surface area contributed by atoms with Crippen molar-refractivity contribution in [3.05, 3.63) is 11.6 Å². The summed E-state index contributed by atoms with van der Waals surface area (Å²) in [5.74, 6) is 7.31. The number of hydrogen-bond donors (Lipinski definition) is 0. The van der Waals surface area contributed by atoms with Gasteiger partial charge in [0.1, 0.15) is 6.10 Å². The van der Waals surface area contributed by atoms with Gasteiger partial charge in [-0.05, 0) is 109 Å². The Morgan fingerprint density at radius 3 is 2.26 bits per heavy atom. The van der Waals surface area contributed by atoms with Crippen LogP contribution in [0, 0.1) is 64.1 Å². The largest absolute Gasteiger partial charge is 0.462 e. The van der Waals surface area contributed by atoms with Crippen molar-refractivity contribution in [3.8, 4) is 0 Å². The minimum atomic E-state index is -0.117. The van der Waals surface area contributed by atoms with Crippen LogP contribution in [0.3, 0.4) is 0 Å². The van der Waals surface area contributed by atoms with Crippen LogP contribution >= 0.6 is 0 Å². The fourth-order valence-electron chi connectivity index (χ4n) is 9.80. The second kappa shape index (κ2) is 9.59. The van der Waals surface area contributed by atoms with Crippen LogP contribution in [0.5, 0.6) is 0 Å². The highest BCUT2D eigenvalue weighted by atomic mass is 16.5.